The van der Waals surface area contributed by atoms with Crippen molar-refractivity contribution in [1.29, 1.82) is 0 Å². The van der Waals surface area contributed by atoms with E-state index in [1.807, 2.05) is 0 Å². The number of hydrogen-bond acceptors (Lipinski definition) is 3. The van der Waals surface area contributed by atoms with Gasteiger partial charge in [-0.3, -0.25) is 0 Å². The Kier molecular flexibility index (Phi) is 5.11. The highest BCUT2D eigenvalue weighted by atomic mass is 32.2. The fourth-order valence-electron chi connectivity index (χ4n) is 1.42. The van der Waals surface area contributed by atoms with Crippen LogP contribution in [0.15, 0.2) is 23.1 Å². The Bertz CT molecular complexity index is 572. The van der Waals surface area contributed by atoms with Gasteiger partial charge in [0.25, 0.3) is 0 Å². The van der Waals surface area contributed by atoms with Crippen molar-refractivity contribution in [2.45, 2.75) is 24.1 Å². The van der Waals surface area contributed by atoms with Crippen molar-refractivity contribution in [3.05, 3.63) is 29.6 Å². The number of halogens is 4. The Morgan fingerprint density at radius 3 is 2.35 bits per heavy atom. The molecular weight excluding hydrogens is 302 g/mol. The van der Waals surface area contributed by atoms with Crippen molar-refractivity contribution < 1.29 is 31.1 Å². The number of rotatable bonds is 5. The van der Waals surface area contributed by atoms with Crippen LogP contribution in [0, 0.1) is 5.82 Å². The summed E-state index contributed by atoms with van der Waals surface area (Å²) in [6.07, 6.45) is -5.82. The molecule has 0 spiro atoms. The van der Waals surface area contributed by atoms with Gasteiger partial charge < -0.3 is 5.11 Å². The minimum Gasteiger partial charge on any atom is -0.392 e. The molecule has 0 aromatic heterocycles. The first kappa shape index (κ1) is 16.9. The molecule has 20 heavy (non-hydrogen) atoms. The van der Waals surface area contributed by atoms with Crippen LogP contribution in [0.3, 0.4) is 0 Å². The molecule has 0 atom stereocenters. The van der Waals surface area contributed by atoms with Crippen molar-refractivity contribution in [2.24, 2.45) is 0 Å². The van der Waals surface area contributed by atoms with Crippen molar-refractivity contribution in [1.82, 2.24) is 4.31 Å². The molecule has 0 heterocycles. The lowest BCUT2D eigenvalue weighted by molar-refractivity contribution is -0.135. The van der Waals surface area contributed by atoms with E-state index in [4.69, 9.17) is 5.11 Å². The molecule has 1 aromatic carbocycles. The molecule has 0 bridgehead atoms. The van der Waals surface area contributed by atoms with Crippen LogP contribution in [0.25, 0.3) is 0 Å². The van der Waals surface area contributed by atoms with Gasteiger partial charge in [-0.1, -0.05) is 6.07 Å². The predicted octanol–water partition coefficient (Wildman–Crippen LogP) is 1.89. The van der Waals surface area contributed by atoms with E-state index in [9.17, 15) is 26.0 Å². The summed E-state index contributed by atoms with van der Waals surface area (Å²) in [4.78, 5) is -0.723. The Labute approximate surface area is 113 Å². The molecule has 0 saturated carbocycles. The second-order valence-electron chi connectivity index (χ2n) is 4.11. The molecular formula is C11H13F4NO3S. The Morgan fingerprint density at radius 1 is 1.30 bits per heavy atom. The van der Waals surface area contributed by atoms with Gasteiger partial charge >= 0.3 is 6.18 Å². The van der Waals surface area contributed by atoms with Gasteiger partial charge in [0.2, 0.25) is 10.0 Å². The Hall–Kier alpha value is -1.19. The van der Waals surface area contributed by atoms with Gasteiger partial charge in [-0.2, -0.15) is 13.2 Å². The van der Waals surface area contributed by atoms with Gasteiger partial charge in [-0.05, 0) is 17.7 Å². The summed E-state index contributed by atoms with van der Waals surface area (Å²) in [7, 11) is -3.40. The van der Waals surface area contributed by atoms with Crippen LogP contribution in [0.2, 0.25) is 0 Å². The number of benzene rings is 1. The third-order valence-corrected chi connectivity index (χ3v) is 4.47. The van der Waals surface area contributed by atoms with Crippen LogP contribution < -0.4 is 0 Å². The van der Waals surface area contributed by atoms with E-state index in [1.165, 1.54) is 6.07 Å². The summed E-state index contributed by atoms with van der Waals surface area (Å²) in [5.74, 6) is -1.12. The number of aliphatic hydroxyl groups excluding tert-OH is 1. The third-order valence-electron chi connectivity index (χ3n) is 2.58. The van der Waals surface area contributed by atoms with Crippen LogP contribution in [-0.4, -0.2) is 37.6 Å². The second-order valence-corrected chi connectivity index (χ2v) is 6.13. The molecule has 0 amide bonds. The van der Waals surface area contributed by atoms with Gasteiger partial charge in [-0.25, -0.2) is 17.1 Å². The minimum atomic E-state index is -4.50. The molecule has 0 unspecified atom stereocenters. The molecule has 0 aliphatic carbocycles. The molecule has 1 aromatic rings. The number of hydrogen-bond donors (Lipinski definition) is 1. The zero-order valence-electron chi connectivity index (χ0n) is 10.5. The van der Waals surface area contributed by atoms with E-state index in [0.29, 0.717) is 4.31 Å². The van der Waals surface area contributed by atoms with E-state index in [1.54, 1.807) is 0 Å². The van der Waals surface area contributed by atoms with Crippen molar-refractivity contribution in [3.8, 4) is 0 Å². The zero-order chi connectivity index (χ0) is 15.6. The summed E-state index contributed by atoms with van der Waals surface area (Å²) in [5, 5.41) is 8.79. The molecule has 1 N–H and O–H groups in total. The van der Waals surface area contributed by atoms with Crippen molar-refractivity contribution >= 4 is 10.0 Å². The molecule has 9 heteroatoms. The topological polar surface area (TPSA) is 57.6 Å². The molecule has 0 aliphatic rings. The van der Waals surface area contributed by atoms with Gasteiger partial charge in [0, 0.05) is 13.6 Å². The van der Waals surface area contributed by atoms with Crippen molar-refractivity contribution in [2.75, 3.05) is 13.6 Å². The standard InChI is InChI=1S/C11H13F4NO3S/c1-16(5-4-11(13,14)15)20(18,19)10-3-2-8(7-17)6-9(10)12/h2-3,6,17H,4-5,7H2,1H3. The first-order valence-corrected chi connectivity index (χ1v) is 6.94. The zero-order valence-corrected chi connectivity index (χ0v) is 11.3. The number of nitrogens with zero attached hydrogens (tertiary/aromatic N) is 1. The first-order chi connectivity index (χ1) is 9.08. The lowest BCUT2D eigenvalue weighted by atomic mass is 10.2. The van der Waals surface area contributed by atoms with Gasteiger partial charge in [0.05, 0.1) is 13.0 Å². The number of aliphatic hydroxyl groups is 1. The van der Waals surface area contributed by atoms with E-state index < -0.39 is 46.5 Å². The van der Waals surface area contributed by atoms with Gasteiger partial charge in [0.15, 0.2) is 0 Å². The fraction of sp³-hybridized carbons (Fsp3) is 0.455. The summed E-state index contributed by atoms with van der Waals surface area (Å²) >= 11 is 0. The highest BCUT2D eigenvalue weighted by Gasteiger charge is 2.31. The molecule has 0 aliphatic heterocycles. The minimum absolute atomic E-state index is 0.166. The molecule has 0 fully saturated rings. The Morgan fingerprint density at radius 2 is 1.90 bits per heavy atom. The quantitative estimate of drug-likeness (QED) is 0.844. The SMILES string of the molecule is CN(CCC(F)(F)F)S(=O)(=O)c1ccc(CO)cc1F. The Balaban J connectivity index is 2.98. The normalized spacial score (nSPS) is 12.9. The van der Waals surface area contributed by atoms with Crippen molar-refractivity contribution in [3.63, 3.8) is 0 Å². The summed E-state index contributed by atoms with van der Waals surface area (Å²) < 4.78 is 74.1. The number of alkyl halides is 3. The molecule has 0 saturated heterocycles. The molecule has 114 valence electrons. The predicted molar refractivity (Wildman–Crippen MR) is 62.8 cm³/mol. The third kappa shape index (κ3) is 4.15. The monoisotopic (exact) mass is 315 g/mol. The van der Waals surface area contributed by atoms with Crippen LogP contribution in [0.4, 0.5) is 17.6 Å². The summed E-state index contributed by atoms with van der Waals surface area (Å²) in [6.45, 7) is -1.27. The van der Waals surface area contributed by atoms with Gasteiger partial charge in [0.1, 0.15) is 10.7 Å². The average molecular weight is 315 g/mol. The first-order valence-electron chi connectivity index (χ1n) is 5.50. The van der Waals surface area contributed by atoms with Crippen LogP contribution in [0.1, 0.15) is 12.0 Å². The largest absolute Gasteiger partial charge is 0.392 e. The lowest BCUT2D eigenvalue weighted by Crippen LogP contribution is -2.31. The summed E-state index contributed by atoms with van der Waals surface area (Å²) in [5.41, 5.74) is 0.166. The highest BCUT2D eigenvalue weighted by molar-refractivity contribution is 7.89. The van der Waals surface area contributed by atoms with E-state index >= 15 is 0 Å². The molecule has 0 radical (unpaired) electrons. The van der Waals surface area contributed by atoms with Gasteiger partial charge in [-0.15, -0.1) is 0 Å². The highest BCUT2D eigenvalue weighted by Crippen LogP contribution is 2.23. The maximum Gasteiger partial charge on any atom is 0.390 e. The second kappa shape index (κ2) is 6.06. The van der Waals surface area contributed by atoms with E-state index in [2.05, 4.69) is 0 Å². The van der Waals surface area contributed by atoms with E-state index in [-0.39, 0.29) is 5.56 Å². The molecule has 1 rings (SSSR count). The fourth-order valence-corrected chi connectivity index (χ4v) is 2.64. The van der Waals surface area contributed by atoms with Crippen LogP contribution in [-0.2, 0) is 16.6 Å². The maximum atomic E-state index is 13.6. The van der Waals surface area contributed by atoms with E-state index in [0.717, 1.165) is 19.2 Å². The number of sulfonamides is 1. The average Bonchev–Trinajstić information content (AvgIpc) is 2.34. The van der Waals surface area contributed by atoms with Crippen LogP contribution in [0.5, 0.6) is 0 Å². The lowest BCUT2D eigenvalue weighted by Gasteiger charge is -2.18. The smallest absolute Gasteiger partial charge is 0.390 e. The maximum absolute atomic E-state index is 13.6. The van der Waals surface area contributed by atoms with Crippen LogP contribution >= 0.6 is 0 Å². The molecule has 4 nitrogen and oxygen atoms in total. The summed E-state index contributed by atoms with van der Waals surface area (Å²) in [6, 6.07) is 2.93.